The second-order valence-corrected chi connectivity index (χ2v) is 8.29. The Hall–Kier alpha value is -3.15. The van der Waals surface area contributed by atoms with Gasteiger partial charge < -0.3 is 26.0 Å². The number of nitrogens with one attached hydrogen (secondary N) is 1. The lowest BCUT2D eigenvalue weighted by Gasteiger charge is -2.19. The Morgan fingerprint density at radius 2 is 1.49 bits per heavy atom. The van der Waals surface area contributed by atoms with Gasteiger partial charge in [-0.1, -0.05) is 45.9 Å². The summed E-state index contributed by atoms with van der Waals surface area (Å²) < 4.78 is 37.4. The molecular formula is C23H33F3N2O7. The van der Waals surface area contributed by atoms with Gasteiger partial charge in [0.2, 0.25) is 5.91 Å². The lowest BCUT2D eigenvalue weighted by atomic mass is 9.94. The van der Waals surface area contributed by atoms with E-state index in [0.717, 1.165) is 11.1 Å². The van der Waals surface area contributed by atoms with Gasteiger partial charge in [0.05, 0.1) is 6.04 Å². The zero-order valence-corrected chi connectivity index (χ0v) is 20.1. The third-order valence-electron chi connectivity index (χ3n) is 4.64. The number of carboxylic acids is 2. The van der Waals surface area contributed by atoms with Gasteiger partial charge in [0.15, 0.2) is 0 Å². The maximum absolute atomic E-state index is 12.3. The van der Waals surface area contributed by atoms with Crippen molar-refractivity contribution in [3.63, 3.8) is 0 Å². The highest BCUT2D eigenvalue weighted by atomic mass is 19.4. The number of halogens is 3. The summed E-state index contributed by atoms with van der Waals surface area (Å²) in [7, 11) is 0. The van der Waals surface area contributed by atoms with E-state index in [9.17, 15) is 27.6 Å². The zero-order valence-electron chi connectivity index (χ0n) is 20.1. The van der Waals surface area contributed by atoms with Gasteiger partial charge in [-0.05, 0) is 35.8 Å². The average molecular weight is 507 g/mol. The van der Waals surface area contributed by atoms with Crippen molar-refractivity contribution in [3.05, 3.63) is 29.3 Å². The molecule has 0 bridgehead atoms. The molecule has 5 N–H and O–H groups in total. The van der Waals surface area contributed by atoms with Crippen LogP contribution >= 0.6 is 0 Å². The first-order valence-corrected chi connectivity index (χ1v) is 11.0. The summed E-state index contributed by atoms with van der Waals surface area (Å²) in [5.41, 5.74) is 7.63. The SMILES string of the molecule is CC(C)c1cccc(C(C)C)c1OC(=O)CCCNC(=O)[C@@H](N)CCC(=O)O.O=C(O)C(F)(F)F. The molecule has 198 valence electrons. The van der Waals surface area contributed by atoms with Crippen LogP contribution in [-0.2, 0) is 19.2 Å². The lowest BCUT2D eigenvalue weighted by Crippen LogP contribution is -2.41. The molecule has 12 heteroatoms. The number of amides is 1. The number of esters is 1. The van der Waals surface area contributed by atoms with Crippen molar-refractivity contribution >= 4 is 23.8 Å². The molecule has 0 aromatic heterocycles. The molecule has 0 aliphatic carbocycles. The number of carbonyl (C=O) groups is 4. The number of hydrogen-bond acceptors (Lipinski definition) is 6. The van der Waals surface area contributed by atoms with Crippen LogP contribution in [-0.4, -0.2) is 52.8 Å². The van der Waals surface area contributed by atoms with E-state index >= 15 is 0 Å². The van der Waals surface area contributed by atoms with Crippen LogP contribution in [0, 0.1) is 0 Å². The summed E-state index contributed by atoms with van der Waals surface area (Å²) in [6.07, 6.45) is -4.59. The zero-order chi connectivity index (χ0) is 27.3. The highest BCUT2D eigenvalue weighted by Crippen LogP contribution is 2.34. The van der Waals surface area contributed by atoms with Gasteiger partial charge in [-0.15, -0.1) is 0 Å². The van der Waals surface area contributed by atoms with E-state index in [2.05, 4.69) is 33.0 Å². The summed E-state index contributed by atoms with van der Waals surface area (Å²) in [6, 6.07) is 5.05. The van der Waals surface area contributed by atoms with Crippen molar-refractivity contribution in [2.24, 2.45) is 5.73 Å². The first-order valence-electron chi connectivity index (χ1n) is 11.0. The number of carbonyl (C=O) groups excluding carboxylic acids is 2. The van der Waals surface area contributed by atoms with Gasteiger partial charge in [-0.2, -0.15) is 13.2 Å². The van der Waals surface area contributed by atoms with Crippen molar-refractivity contribution in [2.45, 2.75) is 77.4 Å². The van der Waals surface area contributed by atoms with E-state index in [1.807, 2.05) is 18.2 Å². The molecule has 0 saturated carbocycles. The second-order valence-electron chi connectivity index (χ2n) is 8.29. The van der Waals surface area contributed by atoms with E-state index < -0.39 is 30.1 Å². The Kier molecular flexibility index (Phi) is 13.6. The minimum atomic E-state index is -5.08. The van der Waals surface area contributed by atoms with Crippen molar-refractivity contribution < 1.29 is 47.3 Å². The summed E-state index contributed by atoms with van der Waals surface area (Å²) in [4.78, 5) is 43.5. The van der Waals surface area contributed by atoms with Crippen molar-refractivity contribution in [2.75, 3.05) is 6.54 Å². The number of carboxylic acid groups (broad SMARTS) is 2. The van der Waals surface area contributed by atoms with Gasteiger partial charge >= 0.3 is 24.1 Å². The minimum Gasteiger partial charge on any atom is -0.481 e. The smallest absolute Gasteiger partial charge is 0.481 e. The van der Waals surface area contributed by atoms with E-state index in [-0.39, 0.29) is 43.6 Å². The van der Waals surface area contributed by atoms with Gasteiger partial charge in [0.25, 0.3) is 0 Å². The largest absolute Gasteiger partial charge is 0.490 e. The molecule has 0 fully saturated rings. The summed E-state index contributed by atoms with van der Waals surface area (Å²) in [6.45, 7) is 8.50. The number of benzene rings is 1. The number of nitrogens with two attached hydrogens (primary N) is 1. The quantitative estimate of drug-likeness (QED) is 0.202. The summed E-state index contributed by atoms with van der Waals surface area (Å²) >= 11 is 0. The van der Waals surface area contributed by atoms with Crippen LogP contribution in [0.25, 0.3) is 0 Å². The summed E-state index contributed by atoms with van der Waals surface area (Å²) in [5, 5.41) is 18.4. The van der Waals surface area contributed by atoms with Crippen LogP contribution in [0.5, 0.6) is 5.75 Å². The molecule has 0 aliphatic heterocycles. The number of ether oxygens (including phenoxy) is 1. The number of alkyl halides is 3. The third-order valence-corrected chi connectivity index (χ3v) is 4.64. The van der Waals surface area contributed by atoms with E-state index in [1.54, 1.807) is 0 Å². The van der Waals surface area contributed by atoms with Crippen molar-refractivity contribution in [1.82, 2.24) is 5.32 Å². The van der Waals surface area contributed by atoms with E-state index in [4.69, 9.17) is 25.5 Å². The highest BCUT2D eigenvalue weighted by Gasteiger charge is 2.38. The fourth-order valence-electron chi connectivity index (χ4n) is 2.75. The molecule has 35 heavy (non-hydrogen) atoms. The van der Waals surface area contributed by atoms with Gasteiger partial charge in [0, 0.05) is 19.4 Å². The van der Waals surface area contributed by atoms with Gasteiger partial charge in [-0.25, -0.2) is 4.79 Å². The molecule has 1 aromatic rings. The minimum absolute atomic E-state index is 0.0766. The molecule has 1 aromatic carbocycles. The van der Waals surface area contributed by atoms with Crippen LogP contribution in [0.2, 0.25) is 0 Å². The number of para-hydroxylation sites is 1. The molecule has 1 atom stereocenters. The fraction of sp³-hybridized carbons (Fsp3) is 0.565. The van der Waals surface area contributed by atoms with Gasteiger partial charge in [0.1, 0.15) is 5.75 Å². The fourth-order valence-corrected chi connectivity index (χ4v) is 2.75. The predicted molar refractivity (Wildman–Crippen MR) is 121 cm³/mol. The molecule has 0 heterocycles. The first kappa shape index (κ1) is 31.9. The molecule has 1 amide bonds. The maximum atomic E-state index is 12.3. The Labute approximate surface area is 201 Å². The van der Waals surface area contributed by atoms with E-state index in [1.165, 1.54) is 0 Å². The highest BCUT2D eigenvalue weighted by molar-refractivity contribution is 5.82. The Bertz CT molecular complexity index is 845. The molecule has 0 radical (unpaired) electrons. The molecule has 9 nitrogen and oxygen atoms in total. The first-order chi connectivity index (χ1) is 16.1. The standard InChI is InChI=1S/C21H32N2O5.C2HF3O2/c1-13(2)15-7-5-8-16(14(3)4)20(15)28-19(26)9-6-12-23-21(27)17(22)10-11-18(24)25;3-2(4,5)1(6)7/h5,7-8,13-14,17H,6,9-12,22H2,1-4H3,(H,23,27)(H,24,25);(H,6,7)/t17-;/m0./s1. The van der Waals surface area contributed by atoms with Crippen LogP contribution < -0.4 is 15.8 Å². The Morgan fingerprint density at radius 3 is 1.89 bits per heavy atom. The maximum Gasteiger partial charge on any atom is 0.490 e. The molecule has 1 rings (SSSR count). The van der Waals surface area contributed by atoms with Crippen LogP contribution in [0.1, 0.15) is 76.3 Å². The normalized spacial score (nSPS) is 11.9. The van der Waals surface area contributed by atoms with E-state index in [0.29, 0.717) is 12.2 Å². The lowest BCUT2D eigenvalue weighted by molar-refractivity contribution is -0.192. The molecule has 0 spiro atoms. The molecular weight excluding hydrogens is 473 g/mol. The third kappa shape index (κ3) is 12.8. The number of hydrogen-bond donors (Lipinski definition) is 4. The van der Waals surface area contributed by atoms with Crippen molar-refractivity contribution in [1.29, 1.82) is 0 Å². The van der Waals surface area contributed by atoms with Crippen LogP contribution in [0.4, 0.5) is 13.2 Å². The monoisotopic (exact) mass is 506 g/mol. The Morgan fingerprint density at radius 1 is 1.00 bits per heavy atom. The van der Waals surface area contributed by atoms with Crippen LogP contribution in [0.15, 0.2) is 18.2 Å². The number of rotatable bonds is 11. The average Bonchev–Trinajstić information content (AvgIpc) is 2.74. The second kappa shape index (κ2) is 15.0. The summed E-state index contributed by atoms with van der Waals surface area (Å²) in [5.74, 6) is -3.42. The predicted octanol–water partition coefficient (Wildman–Crippen LogP) is 3.56. The number of aliphatic carboxylic acids is 2. The molecule has 0 unspecified atom stereocenters. The Balaban J connectivity index is 0.00000143. The molecule has 0 aliphatic rings. The molecule has 0 saturated heterocycles. The van der Waals surface area contributed by atoms with Gasteiger partial charge in [-0.3, -0.25) is 14.4 Å². The topological polar surface area (TPSA) is 156 Å². The van der Waals surface area contributed by atoms with Crippen molar-refractivity contribution in [3.8, 4) is 5.75 Å². The van der Waals surface area contributed by atoms with Crippen LogP contribution in [0.3, 0.4) is 0 Å².